The molecule has 0 aliphatic rings. The lowest BCUT2D eigenvalue weighted by Crippen LogP contribution is -2.32. The number of alkyl halides is 6. The molecule has 0 aliphatic heterocycles. The summed E-state index contributed by atoms with van der Waals surface area (Å²) in [7, 11) is -5.13. The first-order chi connectivity index (χ1) is 11.9. The highest BCUT2D eigenvalue weighted by Crippen LogP contribution is 2.38. The average molecular weight is 422 g/mol. The number of hydrogen-bond acceptors (Lipinski definition) is 4. The molecular weight excluding hydrogens is 410 g/mol. The zero-order valence-electron chi connectivity index (χ0n) is 13.8. The summed E-state index contributed by atoms with van der Waals surface area (Å²) in [6.45, 7) is 2.79. The van der Waals surface area contributed by atoms with Gasteiger partial charge in [0.05, 0.1) is 11.4 Å². The summed E-state index contributed by atoms with van der Waals surface area (Å²) < 4.78 is 107. The zero-order valence-corrected chi connectivity index (χ0v) is 14.6. The number of halogens is 6. The van der Waals surface area contributed by atoms with Crippen LogP contribution in [0.2, 0.25) is 0 Å². The van der Waals surface area contributed by atoms with Gasteiger partial charge >= 0.3 is 24.2 Å². The van der Waals surface area contributed by atoms with Crippen molar-refractivity contribution >= 4 is 33.3 Å². The fraction of sp³-hybridized carbons (Fsp3) is 0.385. The van der Waals surface area contributed by atoms with Crippen molar-refractivity contribution in [2.75, 3.05) is 10.6 Å². The molecule has 0 spiro atoms. The molecular formula is C13H12F6N2O5S. The lowest BCUT2D eigenvalue weighted by atomic mass is 10.0. The lowest BCUT2D eigenvalue weighted by Gasteiger charge is -2.22. The Kier molecular flexibility index (Phi) is 5.88. The van der Waals surface area contributed by atoms with E-state index < -0.39 is 67.2 Å². The molecule has 1 aromatic carbocycles. The molecule has 1 aromatic rings. The second kappa shape index (κ2) is 6.99. The molecule has 3 N–H and O–H groups in total. The molecule has 0 radical (unpaired) electrons. The molecule has 0 bridgehead atoms. The van der Waals surface area contributed by atoms with Gasteiger partial charge in [0.15, 0.2) is 0 Å². The Bertz CT molecular complexity index is 850. The van der Waals surface area contributed by atoms with Crippen molar-refractivity contribution in [2.24, 2.45) is 0 Å². The summed E-state index contributed by atoms with van der Waals surface area (Å²) in [6, 6.07) is 0. The molecule has 0 saturated carbocycles. The van der Waals surface area contributed by atoms with Crippen LogP contribution < -0.4 is 10.6 Å². The predicted octanol–water partition coefficient (Wildman–Crippen LogP) is 2.86. The Morgan fingerprint density at radius 3 is 1.30 bits per heavy atom. The van der Waals surface area contributed by atoms with E-state index in [2.05, 4.69) is 0 Å². The molecule has 0 atom stereocenters. The van der Waals surface area contributed by atoms with Crippen molar-refractivity contribution < 1.29 is 48.9 Å². The van der Waals surface area contributed by atoms with E-state index in [0.717, 1.165) is 20.8 Å². The molecule has 1 rings (SSSR count). The highest BCUT2D eigenvalue weighted by Gasteiger charge is 2.41. The Balaban J connectivity index is 3.77. The highest BCUT2D eigenvalue weighted by molar-refractivity contribution is 7.86. The lowest BCUT2D eigenvalue weighted by molar-refractivity contribution is -0.167. The van der Waals surface area contributed by atoms with E-state index in [1.54, 1.807) is 0 Å². The third kappa shape index (κ3) is 4.88. The van der Waals surface area contributed by atoms with Gasteiger partial charge in [-0.1, -0.05) is 0 Å². The quantitative estimate of drug-likeness (QED) is 0.512. The van der Waals surface area contributed by atoms with Crippen molar-refractivity contribution in [1.29, 1.82) is 0 Å². The van der Waals surface area contributed by atoms with E-state index in [4.69, 9.17) is 0 Å². The number of rotatable bonds is 3. The van der Waals surface area contributed by atoms with E-state index in [-0.39, 0.29) is 0 Å². The maximum atomic E-state index is 12.5. The van der Waals surface area contributed by atoms with Gasteiger partial charge in [-0.05, 0) is 37.5 Å². The Hall–Kier alpha value is -2.35. The highest BCUT2D eigenvalue weighted by atomic mass is 32.2. The van der Waals surface area contributed by atoms with Crippen molar-refractivity contribution in [3.05, 3.63) is 16.7 Å². The number of nitrogens with one attached hydrogen (secondary N) is 2. The predicted molar refractivity (Wildman–Crippen MR) is 79.8 cm³/mol. The van der Waals surface area contributed by atoms with Gasteiger partial charge in [-0.3, -0.25) is 14.1 Å². The standard InChI is InChI=1S/C13H12F6N2O5S/c1-4-7(20-10(22)12(14,15)16)5(2)9(27(24,25)26)6(3)8(4)21-11(23)13(17,18)19/h1-3H3,(H,20,22)(H,21,23)(H,24,25,26). The van der Waals surface area contributed by atoms with Crippen LogP contribution in [0.1, 0.15) is 16.7 Å². The fourth-order valence-corrected chi connectivity index (χ4v) is 3.30. The van der Waals surface area contributed by atoms with Gasteiger partial charge in [-0.25, -0.2) is 0 Å². The van der Waals surface area contributed by atoms with Crippen LogP contribution in [0.5, 0.6) is 0 Å². The number of carbonyl (C=O) groups is 2. The molecule has 0 aromatic heterocycles. The molecule has 27 heavy (non-hydrogen) atoms. The van der Waals surface area contributed by atoms with E-state index in [9.17, 15) is 48.9 Å². The molecule has 0 aliphatic carbocycles. The van der Waals surface area contributed by atoms with Crippen molar-refractivity contribution in [3.63, 3.8) is 0 Å². The number of hydrogen-bond donors (Lipinski definition) is 3. The van der Waals surface area contributed by atoms with Crippen molar-refractivity contribution in [1.82, 2.24) is 0 Å². The smallest absolute Gasteiger partial charge is 0.318 e. The Morgan fingerprint density at radius 2 is 1.07 bits per heavy atom. The van der Waals surface area contributed by atoms with Gasteiger partial charge in [-0.15, -0.1) is 0 Å². The largest absolute Gasteiger partial charge is 0.471 e. The third-order valence-corrected chi connectivity index (χ3v) is 4.56. The Morgan fingerprint density at radius 1 is 0.778 bits per heavy atom. The SMILES string of the molecule is Cc1c(NC(=O)C(F)(F)F)c(C)c(S(=O)(=O)O)c(C)c1NC(=O)C(F)(F)F. The second-order valence-electron chi connectivity index (χ2n) is 5.33. The molecule has 0 saturated heterocycles. The van der Waals surface area contributed by atoms with Crippen LogP contribution in [0.4, 0.5) is 37.7 Å². The fourth-order valence-electron chi connectivity index (χ4n) is 2.33. The maximum absolute atomic E-state index is 12.5. The summed E-state index contributed by atoms with van der Waals surface area (Å²) in [5.74, 6) is -5.07. The van der Waals surface area contributed by atoms with Gasteiger partial charge in [0.25, 0.3) is 10.1 Å². The van der Waals surface area contributed by atoms with Crippen molar-refractivity contribution in [3.8, 4) is 0 Å². The summed E-state index contributed by atoms with van der Waals surface area (Å²) in [5.41, 5.74) is -3.25. The van der Waals surface area contributed by atoms with Gasteiger partial charge < -0.3 is 10.6 Å². The first kappa shape index (κ1) is 22.7. The summed E-state index contributed by atoms with van der Waals surface area (Å²) in [4.78, 5) is 21.3. The molecule has 0 unspecified atom stereocenters. The first-order valence-electron chi connectivity index (χ1n) is 6.76. The third-order valence-electron chi connectivity index (χ3n) is 3.43. The van der Waals surface area contributed by atoms with Crippen LogP contribution in [-0.2, 0) is 19.7 Å². The topological polar surface area (TPSA) is 113 Å². The maximum Gasteiger partial charge on any atom is 0.471 e. The molecule has 0 fully saturated rings. The van der Waals surface area contributed by atoms with E-state index in [0.29, 0.717) is 0 Å². The summed E-state index contributed by atoms with van der Waals surface area (Å²) in [6.07, 6.45) is -10.8. The zero-order chi connectivity index (χ0) is 21.5. The van der Waals surface area contributed by atoms with Gasteiger partial charge in [0.1, 0.15) is 4.90 Å². The van der Waals surface area contributed by atoms with Gasteiger partial charge in [0, 0.05) is 0 Å². The molecule has 14 heteroatoms. The van der Waals surface area contributed by atoms with Crippen LogP contribution in [0.15, 0.2) is 4.90 Å². The van der Waals surface area contributed by atoms with E-state index >= 15 is 0 Å². The number of amides is 2. The molecule has 7 nitrogen and oxygen atoms in total. The molecule has 0 heterocycles. The van der Waals surface area contributed by atoms with Crippen LogP contribution in [0.3, 0.4) is 0 Å². The Labute approximate surface area is 148 Å². The van der Waals surface area contributed by atoms with Gasteiger partial charge in [0.2, 0.25) is 0 Å². The second-order valence-corrected chi connectivity index (χ2v) is 6.69. The van der Waals surface area contributed by atoms with E-state index in [1.165, 1.54) is 10.6 Å². The number of carbonyl (C=O) groups excluding carboxylic acids is 2. The minimum Gasteiger partial charge on any atom is -0.318 e. The number of benzene rings is 1. The minimum atomic E-state index is -5.39. The van der Waals surface area contributed by atoms with Crippen LogP contribution in [-0.4, -0.2) is 37.1 Å². The van der Waals surface area contributed by atoms with Crippen LogP contribution >= 0.6 is 0 Å². The van der Waals surface area contributed by atoms with Crippen LogP contribution in [0, 0.1) is 20.8 Å². The summed E-state index contributed by atoms with van der Waals surface area (Å²) >= 11 is 0. The van der Waals surface area contributed by atoms with Crippen LogP contribution in [0.25, 0.3) is 0 Å². The molecule has 152 valence electrons. The average Bonchev–Trinajstić information content (AvgIpc) is 2.43. The minimum absolute atomic E-state index is 0.479. The molecule has 2 amide bonds. The number of anilines is 2. The van der Waals surface area contributed by atoms with Gasteiger partial charge in [-0.2, -0.15) is 34.8 Å². The monoisotopic (exact) mass is 422 g/mol. The van der Waals surface area contributed by atoms with E-state index in [1.807, 2.05) is 0 Å². The summed E-state index contributed by atoms with van der Waals surface area (Å²) in [5, 5.41) is 2.68. The van der Waals surface area contributed by atoms with Crippen molar-refractivity contribution in [2.45, 2.75) is 38.0 Å². The first-order valence-corrected chi connectivity index (χ1v) is 8.20. The normalized spacial score (nSPS) is 12.7.